The molecule has 1 heterocycles. The van der Waals surface area contributed by atoms with Crippen molar-refractivity contribution in [1.29, 1.82) is 0 Å². The highest BCUT2D eigenvalue weighted by molar-refractivity contribution is 7.80. The first-order valence-electron chi connectivity index (χ1n) is 4.04. The molecule has 6 heteroatoms. The normalized spacial score (nSPS) is 9.20. The molecular formula is C9H8N2O3S. The van der Waals surface area contributed by atoms with Crippen LogP contribution in [0.25, 0.3) is 0 Å². The SMILES string of the molecule is Cc1c(C#CCS)c[nH]c(=O)c1[N+](=O)[O-]. The first-order valence-corrected chi connectivity index (χ1v) is 4.67. The molecule has 0 bridgehead atoms. The Labute approximate surface area is 91.1 Å². The average Bonchev–Trinajstić information content (AvgIpc) is 2.16. The van der Waals surface area contributed by atoms with Gasteiger partial charge in [0.1, 0.15) is 0 Å². The number of nitro groups is 1. The molecule has 0 aliphatic carbocycles. The fourth-order valence-electron chi connectivity index (χ4n) is 1.10. The summed E-state index contributed by atoms with van der Waals surface area (Å²) >= 11 is 3.89. The van der Waals surface area contributed by atoms with Crippen LogP contribution in [0, 0.1) is 28.9 Å². The van der Waals surface area contributed by atoms with Gasteiger partial charge in [-0.15, -0.1) is 0 Å². The molecule has 0 saturated carbocycles. The van der Waals surface area contributed by atoms with E-state index >= 15 is 0 Å². The quantitative estimate of drug-likeness (QED) is 0.321. The number of rotatable bonds is 1. The molecule has 0 amide bonds. The van der Waals surface area contributed by atoms with E-state index < -0.39 is 16.2 Å². The second-order valence-electron chi connectivity index (χ2n) is 2.72. The average molecular weight is 224 g/mol. The monoisotopic (exact) mass is 224 g/mol. The molecule has 1 rings (SSSR count). The van der Waals surface area contributed by atoms with Crippen molar-refractivity contribution in [3.05, 3.63) is 37.8 Å². The lowest BCUT2D eigenvalue weighted by Crippen LogP contribution is -2.13. The van der Waals surface area contributed by atoms with Crippen LogP contribution in [0.1, 0.15) is 11.1 Å². The summed E-state index contributed by atoms with van der Waals surface area (Å²) in [5.74, 6) is 5.70. The van der Waals surface area contributed by atoms with Crippen LogP contribution in [0.15, 0.2) is 11.0 Å². The van der Waals surface area contributed by atoms with Crippen LogP contribution in [-0.2, 0) is 0 Å². The van der Waals surface area contributed by atoms with Crippen molar-refractivity contribution in [1.82, 2.24) is 4.98 Å². The van der Waals surface area contributed by atoms with Gasteiger partial charge >= 0.3 is 11.2 Å². The lowest BCUT2D eigenvalue weighted by atomic mass is 10.1. The van der Waals surface area contributed by atoms with Gasteiger partial charge in [-0.3, -0.25) is 14.9 Å². The van der Waals surface area contributed by atoms with Crippen molar-refractivity contribution in [3.8, 4) is 11.8 Å². The van der Waals surface area contributed by atoms with E-state index in [9.17, 15) is 14.9 Å². The summed E-state index contributed by atoms with van der Waals surface area (Å²) in [5.41, 5.74) is -0.455. The predicted octanol–water partition coefficient (Wildman–Crippen LogP) is 0.873. The van der Waals surface area contributed by atoms with E-state index in [4.69, 9.17) is 0 Å². The van der Waals surface area contributed by atoms with Crippen molar-refractivity contribution in [3.63, 3.8) is 0 Å². The molecule has 0 radical (unpaired) electrons. The summed E-state index contributed by atoms with van der Waals surface area (Å²) < 4.78 is 0. The molecule has 0 unspecified atom stereocenters. The lowest BCUT2D eigenvalue weighted by molar-refractivity contribution is -0.386. The Morgan fingerprint density at radius 2 is 2.33 bits per heavy atom. The molecular weight excluding hydrogens is 216 g/mol. The Bertz CT molecular complexity index is 510. The van der Waals surface area contributed by atoms with Crippen molar-refractivity contribution in [2.24, 2.45) is 0 Å². The molecule has 0 aliphatic rings. The minimum atomic E-state index is -0.714. The number of hydrogen-bond acceptors (Lipinski definition) is 4. The van der Waals surface area contributed by atoms with Crippen LogP contribution in [0.4, 0.5) is 5.69 Å². The third kappa shape index (κ3) is 2.39. The van der Waals surface area contributed by atoms with E-state index in [-0.39, 0.29) is 5.56 Å². The van der Waals surface area contributed by atoms with Gasteiger partial charge in [-0.25, -0.2) is 0 Å². The Morgan fingerprint density at radius 1 is 1.67 bits per heavy atom. The van der Waals surface area contributed by atoms with Gasteiger partial charge in [0.15, 0.2) is 0 Å². The Balaban J connectivity index is 3.41. The molecule has 1 aromatic rings. The van der Waals surface area contributed by atoms with Gasteiger partial charge in [0.25, 0.3) is 0 Å². The molecule has 5 nitrogen and oxygen atoms in total. The van der Waals surface area contributed by atoms with Gasteiger partial charge in [-0.05, 0) is 6.92 Å². The zero-order valence-electron chi connectivity index (χ0n) is 7.90. The van der Waals surface area contributed by atoms with Gasteiger partial charge in [0, 0.05) is 11.8 Å². The zero-order chi connectivity index (χ0) is 11.4. The number of pyridine rings is 1. The number of nitrogens with one attached hydrogen (secondary N) is 1. The molecule has 0 aromatic carbocycles. The summed E-state index contributed by atoms with van der Waals surface area (Å²) in [5, 5.41) is 10.6. The van der Waals surface area contributed by atoms with Gasteiger partial charge in [0.2, 0.25) is 0 Å². The second-order valence-corrected chi connectivity index (χ2v) is 3.04. The zero-order valence-corrected chi connectivity index (χ0v) is 8.80. The van der Waals surface area contributed by atoms with Crippen LogP contribution < -0.4 is 5.56 Å². The molecule has 0 aliphatic heterocycles. The number of hydrogen-bond donors (Lipinski definition) is 2. The topological polar surface area (TPSA) is 76.0 Å². The Kier molecular flexibility index (Phi) is 3.52. The van der Waals surface area contributed by atoms with Gasteiger partial charge < -0.3 is 4.98 Å². The molecule has 78 valence electrons. The molecule has 0 spiro atoms. The lowest BCUT2D eigenvalue weighted by Gasteiger charge is -1.98. The van der Waals surface area contributed by atoms with Crippen LogP contribution in [-0.4, -0.2) is 15.7 Å². The van der Waals surface area contributed by atoms with E-state index in [0.29, 0.717) is 11.3 Å². The van der Waals surface area contributed by atoms with Crippen molar-refractivity contribution < 1.29 is 4.92 Å². The van der Waals surface area contributed by atoms with Crippen LogP contribution in [0.5, 0.6) is 0 Å². The van der Waals surface area contributed by atoms with Gasteiger partial charge in [-0.1, -0.05) is 11.8 Å². The molecule has 0 fully saturated rings. The smallest absolute Gasteiger partial charge is 0.322 e. The minimum Gasteiger partial charge on any atom is -0.322 e. The molecule has 1 N–H and O–H groups in total. The maximum atomic E-state index is 11.1. The highest BCUT2D eigenvalue weighted by Crippen LogP contribution is 2.14. The van der Waals surface area contributed by atoms with Gasteiger partial charge in [-0.2, -0.15) is 12.6 Å². The van der Waals surface area contributed by atoms with E-state index in [0.717, 1.165) is 0 Å². The van der Waals surface area contributed by atoms with Crippen LogP contribution in [0.2, 0.25) is 0 Å². The Hall–Kier alpha value is -1.74. The maximum absolute atomic E-state index is 11.1. The predicted molar refractivity (Wildman–Crippen MR) is 59.2 cm³/mol. The van der Waals surface area contributed by atoms with E-state index in [1.807, 2.05) is 0 Å². The highest BCUT2D eigenvalue weighted by atomic mass is 32.1. The molecule has 0 saturated heterocycles. The highest BCUT2D eigenvalue weighted by Gasteiger charge is 2.18. The molecule has 0 atom stereocenters. The summed E-state index contributed by atoms with van der Waals surface area (Å²) in [6.45, 7) is 1.50. The van der Waals surface area contributed by atoms with E-state index in [1.165, 1.54) is 13.1 Å². The second kappa shape index (κ2) is 4.66. The van der Waals surface area contributed by atoms with Crippen LogP contribution in [0.3, 0.4) is 0 Å². The summed E-state index contributed by atoms with van der Waals surface area (Å²) in [6, 6.07) is 0. The van der Waals surface area contributed by atoms with E-state index in [1.54, 1.807) is 0 Å². The van der Waals surface area contributed by atoms with Gasteiger partial charge in [0.05, 0.1) is 16.2 Å². The molecule has 15 heavy (non-hydrogen) atoms. The third-order valence-corrected chi connectivity index (χ3v) is 1.96. The fraction of sp³-hybridized carbons (Fsp3) is 0.222. The number of H-pyrrole nitrogens is 1. The maximum Gasteiger partial charge on any atom is 0.337 e. The van der Waals surface area contributed by atoms with E-state index in [2.05, 4.69) is 29.5 Å². The number of aromatic nitrogens is 1. The number of nitrogens with zero attached hydrogens (tertiary/aromatic N) is 1. The summed E-state index contributed by atoms with van der Waals surface area (Å²) in [4.78, 5) is 23.3. The van der Waals surface area contributed by atoms with Crippen molar-refractivity contribution >= 4 is 18.3 Å². The largest absolute Gasteiger partial charge is 0.337 e. The Morgan fingerprint density at radius 3 is 2.87 bits per heavy atom. The van der Waals surface area contributed by atoms with Crippen molar-refractivity contribution in [2.75, 3.05) is 5.75 Å². The summed E-state index contributed by atoms with van der Waals surface area (Å²) in [6.07, 6.45) is 1.36. The first kappa shape index (κ1) is 11.3. The standard InChI is InChI=1S/C9H8N2O3S/c1-6-7(3-2-4-15)5-10-9(12)8(6)11(13)14/h5,15H,4H2,1H3,(H,10,12). The van der Waals surface area contributed by atoms with Crippen LogP contribution >= 0.6 is 12.6 Å². The minimum absolute atomic E-state index is 0.276. The third-order valence-electron chi connectivity index (χ3n) is 1.81. The number of thiol groups is 1. The van der Waals surface area contributed by atoms with Crippen molar-refractivity contribution in [2.45, 2.75) is 6.92 Å². The summed E-state index contributed by atoms with van der Waals surface area (Å²) in [7, 11) is 0. The number of aromatic amines is 1. The molecule has 1 aromatic heterocycles. The fourth-order valence-corrected chi connectivity index (χ4v) is 1.18. The first-order chi connectivity index (χ1) is 7.07.